The molecule has 15 heteroatoms. The summed E-state index contributed by atoms with van der Waals surface area (Å²) in [6.07, 6.45) is 1.36. The molecule has 2 aliphatic heterocycles. The number of benzene rings is 2. The van der Waals surface area contributed by atoms with Crippen molar-refractivity contribution in [2.24, 2.45) is 0 Å². The van der Waals surface area contributed by atoms with E-state index in [4.69, 9.17) is 9.31 Å². The van der Waals surface area contributed by atoms with Crippen molar-refractivity contribution in [1.29, 1.82) is 0 Å². The van der Waals surface area contributed by atoms with Gasteiger partial charge in [-0.1, -0.05) is 30.4 Å². The van der Waals surface area contributed by atoms with E-state index < -0.39 is 43.0 Å². The van der Waals surface area contributed by atoms with Crippen LogP contribution in [0.4, 0.5) is 4.39 Å². The Labute approximate surface area is 272 Å². The smallest absolute Gasteiger partial charge is 0.669 e. The van der Waals surface area contributed by atoms with E-state index >= 15 is 0 Å². The Bertz CT molecular complexity index is 1220. The topological polar surface area (TPSA) is 159 Å². The van der Waals surface area contributed by atoms with Crippen molar-refractivity contribution < 1.29 is 137 Å². The SMILES string of the molecule is Cc1ccc2c(c1C(=O)[O-])OB(O)[C@@H]1C[C@H]21.O=C([O-])c1c(F)ccc2c1O[B-](O)(O)[C@@H]1C[C@H]21.[Na+].[Na+].[Na+]. The van der Waals surface area contributed by atoms with Crippen LogP contribution >= 0.6 is 0 Å². The number of rotatable bonds is 2. The number of aromatic carboxylic acids is 2. The minimum Gasteiger partial charge on any atom is -0.669 e. The second-order valence-electron chi connectivity index (χ2n) is 8.99. The molecule has 2 aromatic rings. The summed E-state index contributed by atoms with van der Waals surface area (Å²) in [6, 6.07) is 6.08. The number of hydrogen-bond donors (Lipinski definition) is 3. The van der Waals surface area contributed by atoms with Crippen LogP contribution in [-0.2, 0) is 0 Å². The number of fused-ring (bicyclic) bond motifs is 6. The molecule has 0 saturated heterocycles. The van der Waals surface area contributed by atoms with Crippen molar-refractivity contribution in [3.63, 3.8) is 0 Å². The number of carbonyl (C=O) groups excluding carboxylic acids is 2. The molecule has 0 radical (unpaired) electrons. The summed E-state index contributed by atoms with van der Waals surface area (Å²) in [4.78, 5) is 21.9. The van der Waals surface area contributed by atoms with E-state index in [9.17, 15) is 39.3 Å². The molecule has 2 heterocycles. The standard InChI is InChI=1S/C11H11BO4.C10H9BFO5.3Na/c1-5-2-3-6-7-4-8(7)12(15)16-10(6)9(5)11(13)14;12-7-2-1-4-5-3-6(5)11(15,16)17-9(4)8(7)10(13)14;;;/h2-3,7-8,15H,4H2,1H3,(H,13,14);1-2,5-6,15-16H,3H2,(H,13,14);;;/q;-1;3*+1/p-2/t7-,8-;5-,6-;;;/m11.../s1. The monoisotopic (exact) mass is 524 g/mol. The van der Waals surface area contributed by atoms with Crippen molar-refractivity contribution in [1.82, 2.24) is 0 Å². The Hall–Kier alpha value is -0.0801. The average Bonchev–Trinajstić information content (AvgIpc) is 3.60. The fraction of sp³-hybridized carbons (Fsp3) is 0.333. The zero-order valence-electron chi connectivity index (χ0n) is 20.4. The van der Waals surface area contributed by atoms with Crippen LogP contribution in [0.25, 0.3) is 0 Å². The molecule has 0 spiro atoms. The Kier molecular flexibility index (Phi) is 10.3. The van der Waals surface area contributed by atoms with Gasteiger partial charge in [0.1, 0.15) is 11.6 Å². The van der Waals surface area contributed by atoms with Crippen LogP contribution < -0.4 is 108 Å². The second kappa shape index (κ2) is 11.6. The molecule has 2 saturated carbocycles. The van der Waals surface area contributed by atoms with Crippen molar-refractivity contribution in [3.05, 3.63) is 57.9 Å². The van der Waals surface area contributed by atoms with E-state index in [1.165, 1.54) is 6.07 Å². The van der Waals surface area contributed by atoms with Gasteiger partial charge in [0, 0.05) is 11.4 Å². The molecule has 36 heavy (non-hydrogen) atoms. The molecule has 3 N–H and O–H groups in total. The van der Waals surface area contributed by atoms with Crippen LogP contribution in [0.2, 0.25) is 11.6 Å². The summed E-state index contributed by atoms with van der Waals surface area (Å²) in [7, 11) is -0.877. The van der Waals surface area contributed by atoms with Gasteiger partial charge in [0.15, 0.2) is 0 Å². The first kappa shape index (κ1) is 32.1. The van der Waals surface area contributed by atoms with Crippen LogP contribution in [0.5, 0.6) is 11.5 Å². The predicted molar refractivity (Wildman–Crippen MR) is 108 cm³/mol. The maximum atomic E-state index is 13.4. The van der Waals surface area contributed by atoms with Crippen molar-refractivity contribution >= 4 is 25.8 Å². The average molecular weight is 524 g/mol. The van der Waals surface area contributed by atoms with Crippen molar-refractivity contribution in [2.45, 2.75) is 43.2 Å². The summed E-state index contributed by atoms with van der Waals surface area (Å²) in [5, 5.41) is 50.7. The van der Waals surface area contributed by atoms with E-state index in [2.05, 4.69) is 0 Å². The van der Waals surface area contributed by atoms with E-state index in [1.54, 1.807) is 13.0 Å². The minimum absolute atomic E-state index is 0. The summed E-state index contributed by atoms with van der Waals surface area (Å²) < 4.78 is 23.5. The number of hydrogen-bond acceptors (Lipinski definition) is 9. The fourth-order valence-electron chi connectivity index (χ4n) is 4.96. The number of carboxylic acid groups (broad SMARTS) is 2. The molecule has 4 aliphatic rings. The Morgan fingerprint density at radius 1 is 0.972 bits per heavy atom. The van der Waals surface area contributed by atoms with Gasteiger partial charge < -0.3 is 44.2 Å². The molecule has 0 amide bonds. The van der Waals surface area contributed by atoms with Gasteiger partial charge in [0.2, 0.25) is 0 Å². The zero-order valence-corrected chi connectivity index (χ0v) is 26.4. The Morgan fingerprint density at radius 2 is 1.56 bits per heavy atom. The molecular weight excluding hydrogens is 506 g/mol. The molecule has 4 atom stereocenters. The molecule has 2 aromatic carbocycles. The second-order valence-corrected chi connectivity index (χ2v) is 8.99. The van der Waals surface area contributed by atoms with Crippen LogP contribution in [0.1, 0.15) is 62.1 Å². The van der Waals surface area contributed by atoms with Crippen LogP contribution in [0, 0.1) is 12.7 Å². The largest absolute Gasteiger partial charge is 1.00 e. The van der Waals surface area contributed by atoms with Gasteiger partial charge in [-0.2, -0.15) is 0 Å². The molecule has 2 fully saturated rings. The molecule has 172 valence electrons. The third kappa shape index (κ3) is 5.61. The van der Waals surface area contributed by atoms with Crippen molar-refractivity contribution in [2.75, 3.05) is 0 Å². The van der Waals surface area contributed by atoms with Crippen LogP contribution in [0.3, 0.4) is 0 Å². The van der Waals surface area contributed by atoms with Gasteiger partial charge in [-0.05, 0) is 47.9 Å². The van der Waals surface area contributed by atoms with Gasteiger partial charge in [-0.3, -0.25) is 0 Å². The molecular formula is C21H18B2FNa3O9. The number of carbonyl (C=O) groups is 2. The van der Waals surface area contributed by atoms with Crippen molar-refractivity contribution in [3.8, 4) is 11.5 Å². The third-order valence-corrected chi connectivity index (χ3v) is 6.87. The van der Waals surface area contributed by atoms with Crippen LogP contribution in [-0.4, -0.2) is 40.9 Å². The van der Waals surface area contributed by atoms with E-state index in [0.717, 1.165) is 18.1 Å². The van der Waals surface area contributed by atoms with Gasteiger partial charge >= 0.3 is 103 Å². The molecule has 6 rings (SSSR count). The van der Waals surface area contributed by atoms with Crippen LogP contribution in [0.15, 0.2) is 24.3 Å². The number of halogens is 1. The van der Waals surface area contributed by atoms with Gasteiger partial charge in [-0.15, -0.1) is 0 Å². The van der Waals surface area contributed by atoms with E-state index in [0.29, 0.717) is 23.3 Å². The predicted octanol–water partition coefficient (Wildman–Crippen LogP) is -9.54. The molecule has 9 nitrogen and oxygen atoms in total. The first-order valence-electron chi connectivity index (χ1n) is 10.5. The quantitative estimate of drug-likeness (QED) is 0.325. The first-order valence-corrected chi connectivity index (χ1v) is 10.5. The van der Waals surface area contributed by atoms with E-state index in [-0.39, 0.29) is 118 Å². The zero-order chi connectivity index (χ0) is 23.8. The maximum absolute atomic E-state index is 13.4. The van der Waals surface area contributed by atoms with E-state index in [1.807, 2.05) is 6.07 Å². The molecule has 0 aromatic heterocycles. The number of aryl methyl sites for hydroxylation is 1. The minimum atomic E-state index is -3.11. The number of carboxylic acids is 2. The molecule has 0 bridgehead atoms. The Morgan fingerprint density at radius 3 is 2.17 bits per heavy atom. The van der Waals surface area contributed by atoms with Gasteiger partial charge in [0.25, 0.3) is 0 Å². The molecule has 0 unspecified atom stereocenters. The fourth-order valence-corrected chi connectivity index (χ4v) is 4.96. The summed E-state index contributed by atoms with van der Waals surface area (Å²) in [6.45, 7) is -1.41. The maximum Gasteiger partial charge on any atom is 1.00 e. The van der Waals surface area contributed by atoms with Gasteiger partial charge in [-0.25, -0.2) is 4.39 Å². The third-order valence-electron chi connectivity index (χ3n) is 6.87. The summed E-state index contributed by atoms with van der Waals surface area (Å²) in [5.41, 5.74) is 1.31. The summed E-state index contributed by atoms with van der Waals surface area (Å²) >= 11 is 0. The summed E-state index contributed by atoms with van der Waals surface area (Å²) in [5.74, 6) is -4.22. The molecule has 2 aliphatic carbocycles. The normalized spacial score (nSPS) is 24.4. The first-order chi connectivity index (χ1) is 15.5. The Balaban J connectivity index is 0.000000234. The van der Waals surface area contributed by atoms with Gasteiger partial charge in [0.05, 0.1) is 23.3 Å².